The van der Waals surface area contributed by atoms with Crippen LogP contribution in [0.25, 0.3) is 10.4 Å². The number of hydrogen-bond acceptors (Lipinski definition) is 9. The van der Waals surface area contributed by atoms with E-state index in [-0.39, 0.29) is 41.6 Å². The summed E-state index contributed by atoms with van der Waals surface area (Å²) in [5.74, 6) is -0.236. The highest BCUT2D eigenvalue weighted by Crippen LogP contribution is 2.39. The van der Waals surface area contributed by atoms with Gasteiger partial charge in [-0.1, -0.05) is 83.4 Å². The van der Waals surface area contributed by atoms with Crippen molar-refractivity contribution in [2.75, 3.05) is 39.5 Å². The van der Waals surface area contributed by atoms with E-state index in [1.807, 2.05) is 29.6 Å². The Morgan fingerprint density at radius 2 is 1.50 bits per heavy atom. The van der Waals surface area contributed by atoms with Crippen molar-refractivity contribution in [1.29, 1.82) is 0 Å². The van der Waals surface area contributed by atoms with E-state index in [1.54, 1.807) is 31.2 Å². The topological polar surface area (TPSA) is 114 Å². The number of carbonyl (C=O) groups is 3. The van der Waals surface area contributed by atoms with Crippen molar-refractivity contribution < 1.29 is 29.0 Å². The van der Waals surface area contributed by atoms with Crippen LogP contribution in [0, 0.1) is 0 Å². The molecule has 0 unspecified atom stereocenters. The summed E-state index contributed by atoms with van der Waals surface area (Å²) in [6.45, 7) is 13.0. The highest BCUT2D eigenvalue weighted by atomic mass is 32.1. The molecular formula is C42H52N2O6S2. The van der Waals surface area contributed by atoms with Gasteiger partial charge in [0.15, 0.2) is 11.6 Å². The highest BCUT2D eigenvalue weighted by Gasteiger charge is 2.18. The average molecular weight is 745 g/mol. The average Bonchev–Trinajstić information content (AvgIpc) is 3.79. The van der Waals surface area contributed by atoms with Gasteiger partial charge in [-0.25, -0.2) is 0 Å². The molecule has 2 aromatic heterocycles. The summed E-state index contributed by atoms with van der Waals surface area (Å²) in [6.07, 6.45) is 5.53. The molecule has 2 N–H and O–H groups in total. The van der Waals surface area contributed by atoms with Gasteiger partial charge in [-0.2, -0.15) is 0 Å². The Kier molecular flexibility index (Phi) is 15.9. The number of thiophene rings is 2. The maximum Gasteiger partial charge on any atom is 0.251 e. The van der Waals surface area contributed by atoms with Crippen LogP contribution in [0.4, 0.5) is 0 Å². The van der Waals surface area contributed by atoms with Crippen molar-refractivity contribution in [3.8, 4) is 16.2 Å². The Labute approximate surface area is 316 Å². The first-order valence-corrected chi connectivity index (χ1v) is 19.8. The maximum absolute atomic E-state index is 13.0. The Hall–Kier alpha value is -3.96. The molecule has 1 amide bonds. The Balaban J connectivity index is 1.18. The number of Topliss-reactive ketones (excluding diaryl/α,β-unsaturated/α-hetero) is 2. The van der Waals surface area contributed by atoms with Crippen LogP contribution in [-0.4, -0.2) is 67.8 Å². The molecule has 10 heteroatoms. The number of rotatable bonds is 21. The molecule has 0 spiro atoms. The Morgan fingerprint density at radius 1 is 0.827 bits per heavy atom. The van der Waals surface area contributed by atoms with Gasteiger partial charge in [-0.05, 0) is 66.1 Å². The summed E-state index contributed by atoms with van der Waals surface area (Å²) in [5.41, 5.74) is 4.88. The summed E-state index contributed by atoms with van der Waals surface area (Å²) in [7, 11) is 0. The minimum Gasteiger partial charge on any atom is -0.506 e. The minimum absolute atomic E-state index is 0.0429. The molecule has 4 aromatic rings. The van der Waals surface area contributed by atoms with Crippen LogP contribution >= 0.6 is 22.7 Å². The number of aliphatic imine (C=N–C) groups is 1. The first-order chi connectivity index (χ1) is 25.0. The molecule has 0 aliphatic heterocycles. The number of ether oxygens (including phenoxy) is 2. The van der Waals surface area contributed by atoms with E-state index in [0.29, 0.717) is 59.4 Å². The molecule has 0 aliphatic rings. The number of amides is 1. The third-order valence-corrected chi connectivity index (χ3v) is 10.9. The Morgan fingerprint density at radius 3 is 2.17 bits per heavy atom. The van der Waals surface area contributed by atoms with Crippen molar-refractivity contribution in [1.82, 2.24) is 5.32 Å². The lowest BCUT2D eigenvalue weighted by molar-refractivity contribution is 0.0468. The van der Waals surface area contributed by atoms with Crippen LogP contribution in [0.15, 0.2) is 71.0 Å². The molecule has 0 aliphatic carbocycles. The number of nitrogens with zero attached hydrogens (tertiary/aromatic N) is 1. The molecule has 2 aromatic carbocycles. The second-order valence-corrected chi connectivity index (χ2v) is 15.8. The van der Waals surface area contributed by atoms with E-state index < -0.39 is 0 Å². The molecular weight excluding hydrogens is 693 g/mol. The second kappa shape index (κ2) is 20.3. The molecule has 2 heterocycles. The van der Waals surface area contributed by atoms with Crippen LogP contribution in [0.5, 0.6) is 5.75 Å². The summed E-state index contributed by atoms with van der Waals surface area (Å²) in [6, 6.07) is 18.8. The highest BCUT2D eigenvalue weighted by molar-refractivity contribution is 7.16. The van der Waals surface area contributed by atoms with Crippen molar-refractivity contribution in [3.63, 3.8) is 0 Å². The van der Waals surface area contributed by atoms with Crippen LogP contribution in [-0.2, 0) is 21.3 Å². The minimum atomic E-state index is -0.182. The third-order valence-electron chi connectivity index (χ3n) is 8.69. The van der Waals surface area contributed by atoms with Gasteiger partial charge in [0.05, 0.1) is 34.5 Å². The molecule has 8 nitrogen and oxygen atoms in total. The molecule has 0 saturated carbocycles. The number of aromatic hydroxyl groups is 1. The third kappa shape index (κ3) is 12.3. The van der Waals surface area contributed by atoms with Gasteiger partial charge in [0.2, 0.25) is 0 Å². The first-order valence-electron chi connectivity index (χ1n) is 18.1. The summed E-state index contributed by atoms with van der Waals surface area (Å²) < 4.78 is 11.1. The number of hydrogen-bond donors (Lipinski definition) is 2. The van der Waals surface area contributed by atoms with Gasteiger partial charge in [-0.3, -0.25) is 19.4 Å². The fourth-order valence-corrected chi connectivity index (χ4v) is 7.34. The molecule has 278 valence electrons. The smallest absolute Gasteiger partial charge is 0.251 e. The van der Waals surface area contributed by atoms with Crippen molar-refractivity contribution in [2.24, 2.45) is 4.99 Å². The van der Waals surface area contributed by atoms with Crippen LogP contribution in [0.2, 0.25) is 0 Å². The molecule has 0 bridgehead atoms. The maximum atomic E-state index is 13.0. The predicted molar refractivity (Wildman–Crippen MR) is 213 cm³/mol. The SMILES string of the molecule is CCCCCCOCCOCCNC(=O)c1ccc(CCC(=O)c2ccc(C(=O)CN=C(C)c3csc(-c4ccc(C(C)(C)C)cc4)c3O)s2)cc1. The molecule has 0 radical (unpaired) electrons. The summed E-state index contributed by atoms with van der Waals surface area (Å²) in [5, 5.41) is 15.7. The van der Waals surface area contributed by atoms with Crippen molar-refractivity contribution in [2.45, 2.75) is 78.6 Å². The zero-order valence-electron chi connectivity index (χ0n) is 31.1. The summed E-state index contributed by atoms with van der Waals surface area (Å²) in [4.78, 5) is 44.7. The lowest BCUT2D eigenvalue weighted by atomic mass is 9.86. The van der Waals surface area contributed by atoms with E-state index in [9.17, 15) is 19.5 Å². The number of benzene rings is 2. The zero-order chi connectivity index (χ0) is 37.5. The van der Waals surface area contributed by atoms with Crippen LogP contribution < -0.4 is 5.32 Å². The van der Waals surface area contributed by atoms with E-state index in [1.165, 1.54) is 47.5 Å². The molecule has 4 rings (SSSR count). The molecule has 0 saturated heterocycles. The number of ketones is 2. The van der Waals surface area contributed by atoms with E-state index in [2.05, 4.69) is 50.1 Å². The largest absolute Gasteiger partial charge is 0.506 e. The predicted octanol–water partition coefficient (Wildman–Crippen LogP) is 9.33. The van der Waals surface area contributed by atoms with Crippen molar-refractivity contribution >= 4 is 45.9 Å². The van der Waals surface area contributed by atoms with E-state index >= 15 is 0 Å². The fraction of sp³-hybridized carbons (Fsp3) is 0.429. The summed E-state index contributed by atoms with van der Waals surface area (Å²) >= 11 is 2.62. The quantitative estimate of drug-likeness (QED) is 0.0500. The van der Waals surface area contributed by atoms with Crippen molar-refractivity contribution in [3.05, 3.63) is 98.1 Å². The van der Waals surface area contributed by atoms with Gasteiger partial charge < -0.3 is 19.9 Å². The van der Waals surface area contributed by atoms with Gasteiger partial charge in [0, 0.05) is 41.8 Å². The molecule has 52 heavy (non-hydrogen) atoms. The molecule has 0 atom stereocenters. The number of unbranched alkanes of at least 4 members (excludes halogenated alkanes) is 3. The van der Waals surface area contributed by atoms with Gasteiger partial charge in [0.25, 0.3) is 5.91 Å². The van der Waals surface area contributed by atoms with Gasteiger partial charge in [0.1, 0.15) is 12.3 Å². The van der Waals surface area contributed by atoms with E-state index in [0.717, 1.165) is 29.0 Å². The fourth-order valence-electron chi connectivity index (χ4n) is 5.42. The van der Waals surface area contributed by atoms with Crippen LogP contribution in [0.1, 0.15) is 113 Å². The van der Waals surface area contributed by atoms with Gasteiger partial charge in [-0.15, -0.1) is 22.7 Å². The lowest BCUT2D eigenvalue weighted by Gasteiger charge is -2.19. The number of nitrogens with one attached hydrogen (secondary N) is 1. The standard InChI is InChI=1S/C42H52N2O6S2/c1-6-7-8-9-23-49-25-26-50-24-22-43-41(48)32-13-10-30(11-14-32)12-19-35(45)37-20-21-38(52-37)36(46)27-44-29(2)34-28-51-40(39(34)47)31-15-17-33(18-16-31)42(3,4)5/h10-11,13-18,20-21,28,47H,6-9,12,19,22-27H2,1-5H3,(H,43,48). The first kappa shape index (κ1) is 40.8. The van der Waals surface area contributed by atoms with Gasteiger partial charge >= 0.3 is 0 Å². The normalized spacial score (nSPS) is 11.9. The van der Waals surface area contributed by atoms with E-state index in [4.69, 9.17) is 9.47 Å². The zero-order valence-corrected chi connectivity index (χ0v) is 32.7. The lowest BCUT2D eigenvalue weighted by Crippen LogP contribution is -2.27. The molecule has 0 fully saturated rings. The number of carbonyl (C=O) groups excluding carboxylic acids is 3. The monoisotopic (exact) mass is 744 g/mol. The second-order valence-electron chi connectivity index (χ2n) is 13.8. The Bertz CT molecular complexity index is 1780. The number of aryl methyl sites for hydroxylation is 1. The van der Waals surface area contributed by atoms with Crippen LogP contribution in [0.3, 0.4) is 0 Å².